The van der Waals surface area contributed by atoms with Crippen LogP contribution in [0.15, 0.2) is 36.4 Å². The summed E-state index contributed by atoms with van der Waals surface area (Å²) in [7, 11) is 0. The number of hydrogen-bond acceptors (Lipinski definition) is 5. The van der Waals surface area contributed by atoms with E-state index in [1.807, 2.05) is 0 Å². The van der Waals surface area contributed by atoms with Crippen molar-refractivity contribution in [3.8, 4) is 0 Å². The average molecular weight is 381 g/mol. The third-order valence-corrected chi connectivity index (χ3v) is 3.70. The van der Waals surface area contributed by atoms with Crippen molar-refractivity contribution in [2.24, 2.45) is 0 Å². The molecule has 0 fully saturated rings. The summed E-state index contributed by atoms with van der Waals surface area (Å²) in [5, 5.41) is 13.5. The van der Waals surface area contributed by atoms with E-state index >= 15 is 0 Å². The lowest BCUT2D eigenvalue weighted by Gasteiger charge is -2.14. The molecule has 1 N–H and O–H groups in total. The second-order valence-electron chi connectivity index (χ2n) is 5.42. The zero-order valence-corrected chi connectivity index (χ0v) is 14.5. The van der Waals surface area contributed by atoms with Crippen LogP contribution in [-0.2, 0) is 9.53 Å². The summed E-state index contributed by atoms with van der Waals surface area (Å²) in [6, 6.07) is 7.56. The maximum atomic E-state index is 13.5. The number of nitrogens with one attached hydrogen (secondary N) is 1. The van der Waals surface area contributed by atoms with Gasteiger partial charge in [-0.05, 0) is 43.7 Å². The van der Waals surface area contributed by atoms with Crippen LogP contribution in [0, 0.1) is 22.9 Å². The Morgan fingerprint density at radius 3 is 2.58 bits per heavy atom. The number of nitrogens with zero attached hydrogens (tertiary/aromatic N) is 1. The molecule has 2 rings (SSSR count). The van der Waals surface area contributed by atoms with Crippen molar-refractivity contribution >= 4 is 34.9 Å². The van der Waals surface area contributed by atoms with Gasteiger partial charge in [-0.2, -0.15) is 0 Å². The van der Waals surface area contributed by atoms with Gasteiger partial charge in [0.05, 0.1) is 4.92 Å². The minimum Gasteiger partial charge on any atom is -0.449 e. The summed E-state index contributed by atoms with van der Waals surface area (Å²) >= 11 is 5.68. The molecule has 0 radical (unpaired) electrons. The van der Waals surface area contributed by atoms with Gasteiger partial charge >= 0.3 is 5.97 Å². The van der Waals surface area contributed by atoms with Crippen LogP contribution in [0.1, 0.15) is 22.8 Å². The van der Waals surface area contributed by atoms with E-state index in [9.17, 15) is 24.1 Å². The molecule has 0 saturated heterocycles. The molecule has 0 aliphatic heterocycles. The predicted octanol–water partition coefficient (Wildman–Crippen LogP) is 3.88. The Morgan fingerprint density at radius 2 is 1.96 bits per heavy atom. The lowest BCUT2D eigenvalue weighted by Crippen LogP contribution is -2.30. The van der Waals surface area contributed by atoms with E-state index in [0.717, 1.165) is 18.2 Å². The lowest BCUT2D eigenvalue weighted by molar-refractivity contribution is -0.385. The summed E-state index contributed by atoms with van der Waals surface area (Å²) < 4.78 is 18.5. The average Bonchev–Trinajstić information content (AvgIpc) is 2.57. The first-order valence-corrected chi connectivity index (χ1v) is 7.78. The summed E-state index contributed by atoms with van der Waals surface area (Å²) in [5.74, 6) is -2.26. The molecule has 7 nitrogen and oxygen atoms in total. The number of hydrogen-bond donors (Lipinski definition) is 1. The molecule has 9 heteroatoms. The molecular formula is C17H14ClFN2O5. The van der Waals surface area contributed by atoms with E-state index in [1.165, 1.54) is 25.1 Å². The van der Waals surface area contributed by atoms with Gasteiger partial charge in [-0.3, -0.25) is 14.9 Å². The smallest absolute Gasteiger partial charge is 0.345 e. The predicted molar refractivity (Wildman–Crippen MR) is 92.8 cm³/mol. The third-order valence-electron chi connectivity index (χ3n) is 3.47. The zero-order chi connectivity index (χ0) is 19.4. The third kappa shape index (κ3) is 4.54. The Kier molecular flexibility index (Phi) is 5.89. The van der Waals surface area contributed by atoms with Crippen molar-refractivity contribution in [1.82, 2.24) is 0 Å². The summed E-state index contributed by atoms with van der Waals surface area (Å²) in [6.45, 7) is 2.86. The number of carbonyl (C=O) groups excluding carboxylic acids is 2. The summed E-state index contributed by atoms with van der Waals surface area (Å²) in [6.07, 6.45) is -1.26. The van der Waals surface area contributed by atoms with Crippen molar-refractivity contribution in [1.29, 1.82) is 0 Å². The number of carbonyl (C=O) groups is 2. The number of benzene rings is 2. The molecule has 2 aromatic rings. The zero-order valence-electron chi connectivity index (χ0n) is 13.8. The first-order valence-electron chi connectivity index (χ1n) is 7.41. The summed E-state index contributed by atoms with van der Waals surface area (Å²) in [5.41, 5.74) is -0.257. The van der Waals surface area contributed by atoms with Crippen LogP contribution in [0.3, 0.4) is 0 Å². The molecule has 0 aliphatic rings. The van der Waals surface area contributed by atoms with Gasteiger partial charge in [0.25, 0.3) is 11.6 Å². The van der Waals surface area contributed by atoms with E-state index in [1.54, 1.807) is 6.92 Å². The van der Waals surface area contributed by atoms with Gasteiger partial charge in [-0.15, -0.1) is 0 Å². The van der Waals surface area contributed by atoms with Gasteiger partial charge in [-0.1, -0.05) is 17.7 Å². The molecule has 1 amide bonds. The molecule has 136 valence electrons. The van der Waals surface area contributed by atoms with Crippen LogP contribution >= 0.6 is 11.6 Å². The molecule has 0 bridgehead atoms. The fraction of sp³-hybridized carbons (Fsp3) is 0.176. The molecule has 0 aliphatic carbocycles. The molecular weight excluding hydrogens is 367 g/mol. The van der Waals surface area contributed by atoms with E-state index in [2.05, 4.69) is 5.32 Å². The number of nitro benzene ring substituents is 1. The highest BCUT2D eigenvalue weighted by Crippen LogP contribution is 2.24. The van der Waals surface area contributed by atoms with Crippen LogP contribution in [0.2, 0.25) is 5.02 Å². The van der Waals surface area contributed by atoms with Crippen molar-refractivity contribution in [2.75, 3.05) is 5.32 Å². The van der Waals surface area contributed by atoms with Gasteiger partial charge < -0.3 is 10.1 Å². The quantitative estimate of drug-likeness (QED) is 0.482. The molecule has 0 spiro atoms. The highest BCUT2D eigenvalue weighted by Gasteiger charge is 2.25. The first kappa shape index (κ1) is 19.3. The van der Waals surface area contributed by atoms with Gasteiger partial charge in [0.2, 0.25) is 0 Å². The highest BCUT2D eigenvalue weighted by atomic mass is 35.5. The minimum absolute atomic E-state index is 0.0837. The van der Waals surface area contributed by atoms with E-state index in [4.69, 9.17) is 16.3 Å². The Labute approximate surface area is 152 Å². The molecule has 0 aromatic heterocycles. The van der Waals surface area contributed by atoms with Crippen LogP contribution < -0.4 is 5.32 Å². The van der Waals surface area contributed by atoms with Crippen LogP contribution in [-0.4, -0.2) is 22.9 Å². The first-order chi connectivity index (χ1) is 12.2. The molecule has 0 saturated carbocycles. The number of amides is 1. The van der Waals surface area contributed by atoms with E-state index in [0.29, 0.717) is 5.56 Å². The topological polar surface area (TPSA) is 98.5 Å². The standard InChI is InChI=1S/C17H14ClFN2O5/c1-9-3-5-12(8-14(9)19)20-16(22)10(2)26-17(23)13-6-4-11(18)7-15(13)21(24)25/h3-8,10H,1-2H3,(H,20,22). The van der Waals surface area contributed by atoms with Gasteiger partial charge in [0, 0.05) is 16.8 Å². The van der Waals surface area contributed by atoms with Crippen molar-refractivity contribution in [3.63, 3.8) is 0 Å². The molecule has 0 heterocycles. The van der Waals surface area contributed by atoms with E-state index < -0.39 is 34.4 Å². The molecule has 1 unspecified atom stereocenters. The lowest BCUT2D eigenvalue weighted by atomic mass is 10.2. The van der Waals surface area contributed by atoms with Crippen molar-refractivity contribution in [3.05, 3.63) is 68.5 Å². The Bertz CT molecular complexity index is 887. The molecule has 26 heavy (non-hydrogen) atoms. The van der Waals surface area contributed by atoms with Crippen molar-refractivity contribution < 1.29 is 23.6 Å². The number of anilines is 1. The van der Waals surface area contributed by atoms with E-state index in [-0.39, 0.29) is 16.3 Å². The van der Waals surface area contributed by atoms with Gasteiger partial charge in [0.15, 0.2) is 6.10 Å². The molecule has 2 aromatic carbocycles. The number of halogens is 2. The Morgan fingerprint density at radius 1 is 1.27 bits per heavy atom. The minimum atomic E-state index is -1.26. The SMILES string of the molecule is Cc1ccc(NC(=O)C(C)OC(=O)c2ccc(Cl)cc2[N+](=O)[O-])cc1F. The normalized spacial score (nSPS) is 11.5. The summed E-state index contributed by atoms with van der Waals surface area (Å²) in [4.78, 5) is 34.5. The number of nitro groups is 1. The number of esters is 1. The fourth-order valence-corrected chi connectivity index (χ4v) is 2.19. The fourth-order valence-electron chi connectivity index (χ4n) is 2.02. The molecule has 1 atom stereocenters. The van der Waals surface area contributed by atoms with Crippen LogP contribution in [0.5, 0.6) is 0 Å². The van der Waals surface area contributed by atoms with Gasteiger partial charge in [-0.25, -0.2) is 9.18 Å². The Balaban J connectivity index is 2.10. The van der Waals surface area contributed by atoms with Gasteiger partial charge in [0.1, 0.15) is 11.4 Å². The van der Waals surface area contributed by atoms with Crippen molar-refractivity contribution in [2.45, 2.75) is 20.0 Å². The number of rotatable bonds is 5. The largest absolute Gasteiger partial charge is 0.449 e. The monoisotopic (exact) mass is 380 g/mol. The van der Waals surface area contributed by atoms with Crippen LogP contribution in [0.4, 0.5) is 15.8 Å². The Hall–Kier alpha value is -3.00. The maximum absolute atomic E-state index is 13.5. The highest BCUT2D eigenvalue weighted by molar-refractivity contribution is 6.31. The van der Waals surface area contributed by atoms with Crippen LogP contribution in [0.25, 0.3) is 0 Å². The number of aryl methyl sites for hydroxylation is 1. The number of ether oxygens (including phenoxy) is 1. The second kappa shape index (κ2) is 7.92. The maximum Gasteiger partial charge on any atom is 0.345 e. The second-order valence-corrected chi connectivity index (χ2v) is 5.86.